The number of hydrogen-bond acceptors (Lipinski definition) is 2. The van der Waals surface area contributed by atoms with E-state index in [4.69, 9.17) is 4.74 Å². The maximum absolute atomic E-state index is 5.73. The molecule has 1 heterocycles. The number of nitrogens with zero attached hydrogens (tertiary/aromatic N) is 1. The molecule has 1 aliphatic heterocycles. The Balaban J connectivity index is 2.21. The molecular formula is C12H15NO. The van der Waals surface area contributed by atoms with Crippen LogP contribution >= 0.6 is 0 Å². The number of hydrogen-bond donors (Lipinski definition) is 0. The first kappa shape index (κ1) is 9.25. The van der Waals surface area contributed by atoms with Gasteiger partial charge in [-0.3, -0.25) is 4.99 Å². The van der Waals surface area contributed by atoms with Gasteiger partial charge in [0, 0.05) is 18.0 Å². The SMILES string of the molecule is C[C@@H]1CN=C(c2ccccc2)O[C@H]1C. The summed E-state index contributed by atoms with van der Waals surface area (Å²) >= 11 is 0. The van der Waals surface area contributed by atoms with Crippen LogP contribution in [0.25, 0.3) is 0 Å². The number of benzene rings is 1. The highest BCUT2D eigenvalue weighted by atomic mass is 16.5. The van der Waals surface area contributed by atoms with Crippen molar-refractivity contribution in [3.63, 3.8) is 0 Å². The third-order valence-electron chi connectivity index (χ3n) is 2.64. The van der Waals surface area contributed by atoms with Gasteiger partial charge in [0.05, 0.1) is 0 Å². The van der Waals surface area contributed by atoms with Gasteiger partial charge in [-0.15, -0.1) is 0 Å². The number of aliphatic imine (C=N–C) groups is 1. The van der Waals surface area contributed by atoms with E-state index >= 15 is 0 Å². The Morgan fingerprint density at radius 3 is 2.57 bits per heavy atom. The van der Waals surface area contributed by atoms with Crippen LogP contribution in [0.3, 0.4) is 0 Å². The van der Waals surface area contributed by atoms with Gasteiger partial charge in [0.1, 0.15) is 6.10 Å². The molecular weight excluding hydrogens is 174 g/mol. The van der Waals surface area contributed by atoms with Crippen LogP contribution in [0.1, 0.15) is 19.4 Å². The molecule has 1 aromatic carbocycles. The van der Waals surface area contributed by atoms with Crippen molar-refractivity contribution in [3.05, 3.63) is 35.9 Å². The zero-order valence-corrected chi connectivity index (χ0v) is 8.60. The van der Waals surface area contributed by atoms with Gasteiger partial charge in [-0.1, -0.05) is 25.1 Å². The fraction of sp³-hybridized carbons (Fsp3) is 0.417. The summed E-state index contributed by atoms with van der Waals surface area (Å²) in [5.41, 5.74) is 1.08. The van der Waals surface area contributed by atoms with Crippen molar-refractivity contribution in [2.45, 2.75) is 20.0 Å². The van der Waals surface area contributed by atoms with Crippen LogP contribution in [-0.4, -0.2) is 18.5 Å². The average molecular weight is 189 g/mol. The maximum atomic E-state index is 5.73. The van der Waals surface area contributed by atoms with E-state index in [-0.39, 0.29) is 6.10 Å². The highest BCUT2D eigenvalue weighted by Crippen LogP contribution is 2.16. The second kappa shape index (κ2) is 3.82. The van der Waals surface area contributed by atoms with Gasteiger partial charge >= 0.3 is 0 Å². The van der Waals surface area contributed by atoms with Gasteiger partial charge < -0.3 is 4.74 Å². The van der Waals surface area contributed by atoms with Crippen molar-refractivity contribution < 1.29 is 4.74 Å². The molecule has 14 heavy (non-hydrogen) atoms. The minimum absolute atomic E-state index is 0.266. The first-order valence-corrected chi connectivity index (χ1v) is 5.04. The van der Waals surface area contributed by atoms with E-state index in [2.05, 4.69) is 18.8 Å². The highest BCUT2D eigenvalue weighted by Gasteiger charge is 2.21. The Labute approximate surface area is 84.6 Å². The summed E-state index contributed by atoms with van der Waals surface area (Å²) in [6.07, 6.45) is 0.266. The van der Waals surface area contributed by atoms with Crippen LogP contribution in [0.5, 0.6) is 0 Å². The van der Waals surface area contributed by atoms with Gasteiger partial charge in [-0.25, -0.2) is 0 Å². The largest absolute Gasteiger partial charge is 0.474 e. The van der Waals surface area contributed by atoms with Crippen LogP contribution in [0.4, 0.5) is 0 Å². The normalized spacial score (nSPS) is 26.6. The lowest BCUT2D eigenvalue weighted by Crippen LogP contribution is -2.29. The first-order valence-electron chi connectivity index (χ1n) is 5.04. The Morgan fingerprint density at radius 1 is 1.21 bits per heavy atom. The van der Waals surface area contributed by atoms with Crippen LogP contribution in [0.15, 0.2) is 35.3 Å². The standard InChI is InChI=1S/C12H15NO/c1-9-8-13-12(14-10(9)2)11-6-4-3-5-7-11/h3-7,9-10H,8H2,1-2H3/t9-,10+/m1/s1. The van der Waals surface area contributed by atoms with Gasteiger partial charge in [-0.2, -0.15) is 0 Å². The summed E-state index contributed by atoms with van der Waals surface area (Å²) in [5.74, 6) is 1.30. The van der Waals surface area contributed by atoms with Crippen molar-refractivity contribution in [1.82, 2.24) is 0 Å². The molecule has 74 valence electrons. The Hall–Kier alpha value is -1.31. The smallest absolute Gasteiger partial charge is 0.216 e. The molecule has 0 aliphatic carbocycles. The molecule has 2 rings (SSSR count). The summed E-state index contributed by atoms with van der Waals surface area (Å²) in [4.78, 5) is 4.43. The van der Waals surface area contributed by atoms with Gasteiger partial charge in [0.15, 0.2) is 0 Å². The van der Waals surface area contributed by atoms with E-state index in [1.54, 1.807) is 0 Å². The molecule has 2 atom stereocenters. The molecule has 0 saturated carbocycles. The molecule has 0 amide bonds. The van der Waals surface area contributed by atoms with Crippen LogP contribution in [0.2, 0.25) is 0 Å². The van der Waals surface area contributed by atoms with Crippen LogP contribution in [-0.2, 0) is 4.74 Å². The third kappa shape index (κ3) is 1.79. The molecule has 0 radical (unpaired) electrons. The minimum Gasteiger partial charge on any atom is -0.474 e. The fourth-order valence-electron chi connectivity index (χ4n) is 1.44. The van der Waals surface area contributed by atoms with E-state index in [1.165, 1.54) is 0 Å². The zero-order valence-electron chi connectivity index (χ0n) is 8.60. The quantitative estimate of drug-likeness (QED) is 0.665. The lowest BCUT2D eigenvalue weighted by molar-refractivity contribution is 0.136. The molecule has 0 aromatic heterocycles. The topological polar surface area (TPSA) is 21.6 Å². The van der Waals surface area contributed by atoms with Gasteiger partial charge in [0.25, 0.3) is 0 Å². The Bertz CT molecular complexity index is 331. The lowest BCUT2D eigenvalue weighted by atomic mass is 10.1. The molecule has 2 nitrogen and oxygen atoms in total. The van der Waals surface area contributed by atoms with Crippen molar-refractivity contribution in [1.29, 1.82) is 0 Å². The molecule has 0 fully saturated rings. The van der Waals surface area contributed by atoms with Gasteiger partial charge in [0.2, 0.25) is 5.90 Å². The molecule has 0 unspecified atom stereocenters. The minimum atomic E-state index is 0.266. The number of rotatable bonds is 1. The van der Waals surface area contributed by atoms with Gasteiger partial charge in [-0.05, 0) is 19.1 Å². The second-order valence-corrected chi connectivity index (χ2v) is 3.81. The van der Waals surface area contributed by atoms with Crippen LogP contribution in [0, 0.1) is 5.92 Å². The van der Waals surface area contributed by atoms with Crippen molar-refractivity contribution in [2.75, 3.05) is 6.54 Å². The zero-order chi connectivity index (χ0) is 9.97. The molecule has 2 heteroatoms. The molecule has 0 bridgehead atoms. The Kier molecular flexibility index (Phi) is 2.53. The first-order chi connectivity index (χ1) is 6.77. The Morgan fingerprint density at radius 2 is 1.93 bits per heavy atom. The third-order valence-corrected chi connectivity index (χ3v) is 2.64. The summed E-state index contributed by atoms with van der Waals surface area (Å²) in [5, 5.41) is 0. The van der Waals surface area contributed by atoms with E-state index in [9.17, 15) is 0 Å². The second-order valence-electron chi connectivity index (χ2n) is 3.81. The van der Waals surface area contributed by atoms with Crippen molar-refractivity contribution >= 4 is 5.90 Å². The van der Waals surface area contributed by atoms with Crippen LogP contribution < -0.4 is 0 Å². The molecule has 1 aliphatic rings. The summed E-state index contributed by atoms with van der Waals surface area (Å²) in [6.45, 7) is 5.13. The van der Waals surface area contributed by atoms with Crippen molar-refractivity contribution in [2.24, 2.45) is 10.9 Å². The van der Waals surface area contributed by atoms with E-state index in [0.717, 1.165) is 18.0 Å². The maximum Gasteiger partial charge on any atom is 0.216 e. The van der Waals surface area contributed by atoms with E-state index < -0.39 is 0 Å². The summed E-state index contributed by atoms with van der Waals surface area (Å²) in [7, 11) is 0. The lowest BCUT2D eigenvalue weighted by Gasteiger charge is -2.26. The molecule has 0 spiro atoms. The summed E-state index contributed by atoms with van der Waals surface area (Å²) in [6, 6.07) is 10.1. The highest BCUT2D eigenvalue weighted by molar-refractivity contribution is 5.94. The van der Waals surface area contributed by atoms with E-state index in [1.807, 2.05) is 30.3 Å². The monoisotopic (exact) mass is 189 g/mol. The average Bonchev–Trinajstić information content (AvgIpc) is 2.23. The van der Waals surface area contributed by atoms with Crippen molar-refractivity contribution in [3.8, 4) is 0 Å². The molecule has 0 saturated heterocycles. The fourth-order valence-corrected chi connectivity index (χ4v) is 1.44. The summed E-state index contributed by atoms with van der Waals surface area (Å²) < 4.78 is 5.73. The molecule has 0 N–H and O–H groups in total. The van der Waals surface area contributed by atoms with E-state index in [0.29, 0.717) is 5.92 Å². The number of ether oxygens (including phenoxy) is 1. The predicted molar refractivity (Wildman–Crippen MR) is 57.6 cm³/mol. The predicted octanol–water partition coefficient (Wildman–Crippen LogP) is 2.49. The molecule has 1 aromatic rings.